The molecule has 5 nitrogen and oxygen atoms in total. The van der Waals surface area contributed by atoms with Gasteiger partial charge in [-0.15, -0.1) is 0 Å². The number of carboxylic acids is 1. The molecule has 0 aliphatic heterocycles. The van der Waals surface area contributed by atoms with Crippen molar-refractivity contribution in [1.29, 1.82) is 0 Å². The minimum Gasteiger partial charge on any atom is -0.481 e. The number of nitrogens with zero attached hydrogens (tertiary/aromatic N) is 2. The minimum atomic E-state index is -0.810. The molecule has 0 fully saturated rings. The second kappa shape index (κ2) is 7.04. The molecule has 1 aromatic heterocycles. The normalized spacial score (nSPS) is 11.0. The van der Waals surface area contributed by atoms with Crippen LogP contribution in [0.25, 0.3) is 0 Å². The summed E-state index contributed by atoms with van der Waals surface area (Å²) in [5, 5.41) is 12.3. The zero-order valence-electron chi connectivity index (χ0n) is 12.4. The molecule has 5 heteroatoms. The van der Waals surface area contributed by atoms with E-state index in [1.54, 1.807) is 6.33 Å². The van der Waals surface area contributed by atoms with Crippen molar-refractivity contribution in [3.8, 4) is 0 Å². The van der Waals surface area contributed by atoms with Gasteiger partial charge in [0.2, 0.25) is 0 Å². The molecule has 0 spiro atoms. The Bertz CT molecular complexity index is 605. The van der Waals surface area contributed by atoms with E-state index < -0.39 is 5.97 Å². The van der Waals surface area contributed by atoms with Gasteiger partial charge in [0, 0.05) is 25.3 Å². The zero-order chi connectivity index (χ0) is 15.2. The number of aromatic nitrogens is 2. The lowest BCUT2D eigenvalue weighted by atomic mass is 10.0. The number of benzene rings is 1. The average molecular weight is 287 g/mol. The van der Waals surface area contributed by atoms with Gasteiger partial charge in [-0.1, -0.05) is 38.1 Å². The van der Waals surface area contributed by atoms with Gasteiger partial charge < -0.3 is 15.0 Å². The molecule has 112 valence electrons. The van der Waals surface area contributed by atoms with Crippen LogP contribution in [0.1, 0.15) is 30.7 Å². The highest BCUT2D eigenvalue weighted by Crippen LogP contribution is 2.12. The maximum absolute atomic E-state index is 10.9. The molecule has 0 atom stereocenters. The van der Waals surface area contributed by atoms with Crippen LogP contribution in [0, 0.1) is 0 Å². The van der Waals surface area contributed by atoms with Gasteiger partial charge in [-0.3, -0.25) is 4.79 Å². The number of nitrogens with one attached hydrogen (secondary N) is 1. The van der Waals surface area contributed by atoms with Crippen molar-refractivity contribution in [3.63, 3.8) is 0 Å². The van der Waals surface area contributed by atoms with E-state index in [0.29, 0.717) is 12.6 Å². The monoisotopic (exact) mass is 287 g/mol. The van der Waals surface area contributed by atoms with E-state index in [1.165, 1.54) is 0 Å². The lowest BCUT2D eigenvalue weighted by Crippen LogP contribution is -2.21. The van der Waals surface area contributed by atoms with Crippen LogP contribution >= 0.6 is 0 Å². The molecule has 0 amide bonds. The molecule has 0 saturated heterocycles. The summed E-state index contributed by atoms with van der Waals surface area (Å²) >= 11 is 0. The van der Waals surface area contributed by atoms with Crippen molar-refractivity contribution in [1.82, 2.24) is 14.9 Å². The topological polar surface area (TPSA) is 67.2 Å². The third-order valence-electron chi connectivity index (χ3n) is 3.19. The summed E-state index contributed by atoms with van der Waals surface area (Å²) in [6.45, 7) is 5.57. The Hall–Kier alpha value is -2.14. The van der Waals surface area contributed by atoms with Crippen molar-refractivity contribution in [2.45, 2.75) is 39.4 Å². The molecular formula is C16H21N3O2. The predicted octanol–water partition coefficient (Wildman–Crippen LogP) is 2.06. The van der Waals surface area contributed by atoms with Crippen molar-refractivity contribution < 1.29 is 9.90 Å². The highest BCUT2D eigenvalue weighted by molar-refractivity contribution is 5.70. The van der Waals surface area contributed by atoms with Gasteiger partial charge in [0.25, 0.3) is 0 Å². The van der Waals surface area contributed by atoms with E-state index in [-0.39, 0.29) is 6.42 Å². The summed E-state index contributed by atoms with van der Waals surface area (Å²) in [6, 6.07) is 8.05. The summed E-state index contributed by atoms with van der Waals surface area (Å²) in [7, 11) is 0. The van der Waals surface area contributed by atoms with Gasteiger partial charge in [-0.25, -0.2) is 4.98 Å². The average Bonchev–Trinajstić information content (AvgIpc) is 2.86. The number of rotatable bonds is 7. The fourth-order valence-corrected chi connectivity index (χ4v) is 2.14. The third-order valence-corrected chi connectivity index (χ3v) is 3.19. The number of imidazole rings is 1. The first-order valence-corrected chi connectivity index (χ1v) is 7.07. The molecule has 0 saturated carbocycles. The van der Waals surface area contributed by atoms with Crippen LogP contribution in [-0.2, 0) is 24.3 Å². The zero-order valence-corrected chi connectivity index (χ0v) is 12.4. The molecule has 0 unspecified atom stereocenters. The first-order valence-electron chi connectivity index (χ1n) is 7.07. The maximum Gasteiger partial charge on any atom is 0.307 e. The largest absolute Gasteiger partial charge is 0.481 e. The molecule has 0 aliphatic carbocycles. The third kappa shape index (κ3) is 4.72. The van der Waals surface area contributed by atoms with Crippen LogP contribution in [0.2, 0.25) is 0 Å². The van der Waals surface area contributed by atoms with Crippen LogP contribution in [0.3, 0.4) is 0 Å². The van der Waals surface area contributed by atoms with Gasteiger partial charge in [-0.2, -0.15) is 0 Å². The number of carbonyl (C=O) groups is 1. The molecule has 2 aromatic rings. The summed E-state index contributed by atoms with van der Waals surface area (Å²) < 4.78 is 1.98. The Morgan fingerprint density at radius 1 is 1.33 bits per heavy atom. The summed E-state index contributed by atoms with van der Waals surface area (Å²) in [5.74, 6) is -0.810. The molecule has 1 aromatic carbocycles. The molecule has 0 radical (unpaired) electrons. The molecule has 2 N–H and O–H groups in total. The van der Waals surface area contributed by atoms with E-state index in [1.807, 2.05) is 35.0 Å². The highest BCUT2D eigenvalue weighted by atomic mass is 16.4. The van der Waals surface area contributed by atoms with Crippen LogP contribution < -0.4 is 5.32 Å². The lowest BCUT2D eigenvalue weighted by Gasteiger charge is -2.08. The van der Waals surface area contributed by atoms with Gasteiger partial charge in [-0.05, 0) is 11.1 Å². The SMILES string of the molecule is CC(C)NCc1cn(Cc2ccccc2CC(=O)O)cn1. The summed E-state index contributed by atoms with van der Waals surface area (Å²) in [4.78, 5) is 15.3. The quantitative estimate of drug-likeness (QED) is 0.818. The fraction of sp³-hybridized carbons (Fsp3) is 0.375. The standard InChI is InChI=1S/C16H21N3O2/c1-12(2)17-8-15-10-19(11-18-15)9-14-6-4-3-5-13(14)7-16(20)21/h3-6,10-12,17H,7-9H2,1-2H3,(H,20,21). The Morgan fingerprint density at radius 3 is 2.71 bits per heavy atom. The Morgan fingerprint density at radius 2 is 2.05 bits per heavy atom. The van der Waals surface area contributed by atoms with Gasteiger partial charge in [0.05, 0.1) is 18.4 Å². The molecule has 0 aliphatic rings. The van der Waals surface area contributed by atoms with Crippen LogP contribution in [-0.4, -0.2) is 26.7 Å². The van der Waals surface area contributed by atoms with E-state index in [9.17, 15) is 4.79 Å². The smallest absolute Gasteiger partial charge is 0.307 e. The van der Waals surface area contributed by atoms with Crippen molar-refractivity contribution in [3.05, 3.63) is 53.6 Å². The van der Waals surface area contributed by atoms with Gasteiger partial charge >= 0.3 is 5.97 Å². The fourth-order valence-electron chi connectivity index (χ4n) is 2.14. The molecule has 2 rings (SSSR count). The van der Waals surface area contributed by atoms with Crippen molar-refractivity contribution in [2.75, 3.05) is 0 Å². The van der Waals surface area contributed by atoms with Crippen molar-refractivity contribution in [2.24, 2.45) is 0 Å². The second-order valence-corrected chi connectivity index (χ2v) is 5.41. The molecular weight excluding hydrogens is 266 g/mol. The van der Waals surface area contributed by atoms with Crippen LogP contribution in [0.15, 0.2) is 36.8 Å². The van der Waals surface area contributed by atoms with Gasteiger partial charge in [0.1, 0.15) is 0 Å². The number of hydrogen-bond donors (Lipinski definition) is 2. The number of aliphatic carboxylic acids is 1. The summed E-state index contributed by atoms with van der Waals surface area (Å²) in [6.07, 6.45) is 3.83. The number of hydrogen-bond acceptors (Lipinski definition) is 3. The Kier molecular flexibility index (Phi) is 5.11. The second-order valence-electron chi connectivity index (χ2n) is 5.41. The Labute approximate surface area is 124 Å². The van der Waals surface area contributed by atoms with E-state index in [0.717, 1.165) is 23.4 Å². The predicted molar refractivity (Wildman–Crippen MR) is 81.1 cm³/mol. The van der Waals surface area contributed by atoms with E-state index in [2.05, 4.69) is 24.1 Å². The molecule has 1 heterocycles. The van der Waals surface area contributed by atoms with E-state index >= 15 is 0 Å². The Balaban J connectivity index is 2.06. The summed E-state index contributed by atoms with van der Waals surface area (Å²) in [5.41, 5.74) is 2.85. The first-order chi connectivity index (χ1) is 10.0. The number of carboxylic acid groups (broad SMARTS) is 1. The molecule has 0 bridgehead atoms. The molecule has 21 heavy (non-hydrogen) atoms. The minimum absolute atomic E-state index is 0.0482. The van der Waals surface area contributed by atoms with Crippen LogP contribution in [0.5, 0.6) is 0 Å². The van der Waals surface area contributed by atoms with Crippen molar-refractivity contribution >= 4 is 5.97 Å². The highest BCUT2D eigenvalue weighted by Gasteiger charge is 2.07. The lowest BCUT2D eigenvalue weighted by molar-refractivity contribution is -0.136. The van der Waals surface area contributed by atoms with Gasteiger partial charge in [0.15, 0.2) is 0 Å². The maximum atomic E-state index is 10.9. The first kappa shape index (κ1) is 15.3. The van der Waals surface area contributed by atoms with E-state index in [4.69, 9.17) is 5.11 Å². The van der Waals surface area contributed by atoms with Crippen LogP contribution in [0.4, 0.5) is 0 Å².